The molecule has 0 radical (unpaired) electrons. The van der Waals surface area contributed by atoms with Crippen molar-refractivity contribution in [1.82, 2.24) is 9.78 Å². The molecule has 0 aliphatic carbocycles. The molecule has 1 aliphatic rings. The highest BCUT2D eigenvalue weighted by molar-refractivity contribution is 5.67. The summed E-state index contributed by atoms with van der Waals surface area (Å²) < 4.78 is 2.08. The fourth-order valence-electron chi connectivity index (χ4n) is 2.50. The minimum Gasteiger partial charge on any atom is -0.394 e. The van der Waals surface area contributed by atoms with Crippen molar-refractivity contribution in [3.05, 3.63) is 5.69 Å². The SMILES string of the molecule is CCCn1nc(C)c(N)c1N1CCCC1C. The van der Waals surface area contributed by atoms with E-state index in [1.54, 1.807) is 0 Å². The molecule has 4 heteroatoms. The number of nitrogens with two attached hydrogens (primary N) is 1. The summed E-state index contributed by atoms with van der Waals surface area (Å²) in [4.78, 5) is 2.41. The normalized spacial score (nSPS) is 20.7. The number of hydrogen-bond acceptors (Lipinski definition) is 3. The third kappa shape index (κ3) is 1.77. The molecule has 0 bridgehead atoms. The van der Waals surface area contributed by atoms with Gasteiger partial charge < -0.3 is 10.6 Å². The van der Waals surface area contributed by atoms with E-state index in [0.29, 0.717) is 6.04 Å². The second kappa shape index (κ2) is 4.36. The number of hydrogen-bond donors (Lipinski definition) is 1. The Bertz CT molecular complexity index is 369. The summed E-state index contributed by atoms with van der Waals surface area (Å²) in [6, 6.07) is 0.592. The molecule has 2 rings (SSSR count). The molecule has 1 fully saturated rings. The van der Waals surface area contributed by atoms with Gasteiger partial charge in [-0.15, -0.1) is 0 Å². The summed E-state index contributed by atoms with van der Waals surface area (Å²) in [6.45, 7) is 8.50. The predicted molar refractivity (Wildman–Crippen MR) is 67.7 cm³/mol. The second-order valence-electron chi connectivity index (χ2n) is 4.73. The lowest BCUT2D eigenvalue weighted by Crippen LogP contribution is -2.29. The second-order valence-corrected chi connectivity index (χ2v) is 4.73. The molecule has 1 aromatic heterocycles. The van der Waals surface area contributed by atoms with Crippen LogP contribution in [0.2, 0.25) is 0 Å². The largest absolute Gasteiger partial charge is 0.394 e. The van der Waals surface area contributed by atoms with Gasteiger partial charge in [0.2, 0.25) is 0 Å². The van der Waals surface area contributed by atoms with Gasteiger partial charge in [-0.1, -0.05) is 6.92 Å². The van der Waals surface area contributed by atoms with Crippen LogP contribution in [0.4, 0.5) is 11.5 Å². The van der Waals surface area contributed by atoms with E-state index in [2.05, 4.69) is 28.5 Å². The molecule has 1 aromatic rings. The molecule has 2 heterocycles. The highest BCUT2D eigenvalue weighted by Gasteiger charge is 2.26. The summed E-state index contributed by atoms with van der Waals surface area (Å²) in [5.74, 6) is 1.14. The third-order valence-corrected chi connectivity index (χ3v) is 3.41. The zero-order valence-electron chi connectivity index (χ0n) is 10.5. The van der Waals surface area contributed by atoms with E-state index in [9.17, 15) is 0 Å². The Morgan fingerprint density at radius 1 is 1.50 bits per heavy atom. The number of anilines is 2. The predicted octanol–water partition coefficient (Wildman–Crippen LogP) is 2.17. The summed E-state index contributed by atoms with van der Waals surface area (Å²) in [7, 11) is 0. The maximum absolute atomic E-state index is 6.15. The van der Waals surface area contributed by atoms with Crippen LogP contribution in [0.15, 0.2) is 0 Å². The lowest BCUT2D eigenvalue weighted by atomic mass is 10.2. The smallest absolute Gasteiger partial charge is 0.150 e. The molecular formula is C12H22N4. The van der Waals surface area contributed by atoms with Crippen molar-refractivity contribution in [2.75, 3.05) is 17.2 Å². The first kappa shape index (κ1) is 11.3. The average molecular weight is 222 g/mol. The number of rotatable bonds is 3. The van der Waals surface area contributed by atoms with Crippen molar-refractivity contribution in [3.8, 4) is 0 Å². The van der Waals surface area contributed by atoms with Crippen molar-refractivity contribution < 1.29 is 0 Å². The van der Waals surface area contributed by atoms with E-state index in [-0.39, 0.29) is 0 Å². The zero-order valence-corrected chi connectivity index (χ0v) is 10.5. The molecule has 4 nitrogen and oxygen atoms in total. The summed E-state index contributed by atoms with van der Waals surface area (Å²) >= 11 is 0. The van der Waals surface area contributed by atoms with Gasteiger partial charge in [-0.3, -0.25) is 0 Å². The van der Waals surface area contributed by atoms with Crippen molar-refractivity contribution in [1.29, 1.82) is 0 Å². The van der Waals surface area contributed by atoms with Gasteiger partial charge in [0.25, 0.3) is 0 Å². The standard InChI is InChI=1S/C12H22N4/c1-4-7-16-12(11(13)10(3)14-16)15-8-5-6-9(15)2/h9H,4-8,13H2,1-3H3. The molecule has 0 aromatic carbocycles. The van der Waals surface area contributed by atoms with E-state index in [1.807, 2.05) is 6.92 Å². The van der Waals surface area contributed by atoms with Gasteiger partial charge >= 0.3 is 0 Å². The van der Waals surface area contributed by atoms with E-state index in [0.717, 1.165) is 36.7 Å². The molecule has 0 saturated carbocycles. The molecule has 90 valence electrons. The molecule has 1 unspecified atom stereocenters. The topological polar surface area (TPSA) is 47.1 Å². The molecule has 16 heavy (non-hydrogen) atoms. The Morgan fingerprint density at radius 3 is 2.81 bits per heavy atom. The Morgan fingerprint density at radius 2 is 2.25 bits per heavy atom. The Kier molecular flexibility index (Phi) is 3.08. The fourth-order valence-corrected chi connectivity index (χ4v) is 2.50. The van der Waals surface area contributed by atoms with Crippen LogP contribution >= 0.6 is 0 Å². The molecule has 2 N–H and O–H groups in total. The van der Waals surface area contributed by atoms with Gasteiger partial charge in [0.05, 0.1) is 11.4 Å². The van der Waals surface area contributed by atoms with E-state index < -0.39 is 0 Å². The number of aryl methyl sites for hydroxylation is 2. The summed E-state index contributed by atoms with van der Waals surface area (Å²) in [5, 5.41) is 4.53. The summed E-state index contributed by atoms with van der Waals surface area (Å²) in [5.41, 5.74) is 7.97. The molecule has 1 saturated heterocycles. The molecule has 1 atom stereocenters. The van der Waals surface area contributed by atoms with Crippen LogP contribution in [-0.4, -0.2) is 22.4 Å². The Hall–Kier alpha value is -1.19. The van der Waals surface area contributed by atoms with Gasteiger partial charge in [0.15, 0.2) is 5.82 Å². The zero-order chi connectivity index (χ0) is 11.7. The van der Waals surface area contributed by atoms with E-state index in [4.69, 9.17) is 5.73 Å². The maximum Gasteiger partial charge on any atom is 0.150 e. The van der Waals surface area contributed by atoms with Crippen LogP contribution in [0.3, 0.4) is 0 Å². The van der Waals surface area contributed by atoms with Gasteiger partial charge in [-0.25, -0.2) is 4.68 Å². The van der Waals surface area contributed by atoms with Crippen LogP contribution in [0.5, 0.6) is 0 Å². The van der Waals surface area contributed by atoms with Gasteiger partial charge in [-0.05, 0) is 33.1 Å². The minimum absolute atomic E-state index is 0.592. The lowest BCUT2D eigenvalue weighted by molar-refractivity contribution is 0.581. The fraction of sp³-hybridized carbons (Fsp3) is 0.750. The number of nitrogen functional groups attached to an aromatic ring is 1. The molecule has 1 aliphatic heterocycles. The van der Waals surface area contributed by atoms with Crippen molar-refractivity contribution >= 4 is 11.5 Å². The third-order valence-electron chi connectivity index (χ3n) is 3.41. The van der Waals surface area contributed by atoms with Crippen LogP contribution in [0.1, 0.15) is 38.8 Å². The number of aromatic nitrogens is 2. The lowest BCUT2D eigenvalue weighted by Gasteiger charge is -2.25. The van der Waals surface area contributed by atoms with Crippen LogP contribution in [0.25, 0.3) is 0 Å². The van der Waals surface area contributed by atoms with Gasteiger partial charge in [-0.2, -0.15) is 5.10 Å². The average Bonchev–Trinajstić information content (AvgIpc) is 2.75. The molecule has 0 amide bonds. The highest BCUT2D eigenvalue weighted by atomic mass is 15.4. The van der Waals surface area contributed by atoms with Crippen molar-refractivity contribution in [3.63, 3.8) is 0 Å². The highest BCUT2D eigenvalue weighted by Crippen LogP contribution is 2.32. The Labute approximate surface area is 97.4 Å². The maximum atomic E-state index is 6.15. The van der Waals surface area contributed by atoms with E-state index in [1.165, 1.54) is 12.8 Å². The van der Waals surface area contributed by atoms with E-state index >= 15 is 0 Å². The Balaban J connectivity index is 2.37. The van der Waals surface area contributed by atoms with Gasteiger partial charge in [0, 0.05) is 19.1 Å². The minimum atomic E-state index is 0.592. The monoisotopic (exact) mass is 222 g/mol. The number of nitrogens with zero attached hydrogens (tertiary/aromatic N) is 3. The summed E-state index contributed by atoms with van der Waals surface area (Å²) in [6.07, 6.45) is 3.61. The van der Waals surface area contributed by atoms with Crippen LogP contribution < -0.4 is 10.6 Å². The van der Waals surface area contributed by atoms with Crippen LogP contribution in [-0.2, 0) is 6.54 Å². The van der Waals surface area contributed by atoms with Crippen molar-refractivity contribution in [2.24, 2.45) is 0 Å². The van der Waals surface area contributed by atoms with Gasteiger partial charge in [0.1, 0.15) is 0 Å². The van der Waals surface area contributed by atoms with Crippen LogP contribution in [0, 0.1) is 6.92 Å². The molecular weight excluding hydrogens is 200 g/mol. The first-order valence-corrected chi connectivity index (χ1v) is 6.24. The quantitative estimate of drug-likeness (QED) is 0.852. The van der Waals surface area contributed by atoms with Crippen molar-refractivity contribution in [2.45, 2.75) is 52.6 Å². The first-order chi connectivity index (χ1) is 7.65. The first-order valence-electron chi connectivity index (χ1n) is 6.24. The molecule has 0 spiro atoms.